The first-order chi connectivity index (χ1) is 3.27. The average molecular weight is 105 g/mol. The van der Waals surface area contributed by atoms with Gasteiger partial charge in [0.1, 0.15) is 0 Å². The Morgan fingerprint density at radius 2 is 2.29 bits per heavy atom. The number of aliphatic hydroxyl groups excluding tert-OH is 2. The first-order valence-corrected chi connectivity index (χ1v) is 2.03. The lowest BCUT2D eigenvalue weighted by Crippen LogP contribution is -2.01. The molecule has 0 saturated heterocycles. The summed E-state index contributed by atoms with van der Waals surface area (Å²) < 4.78 is 4.41. The van der Waals surface area contributed by atoms with Gasteiger partial charge in [0.2, 0.25) is 6.29 Å². The van der Waals surface area contributed by atoms with Crippen molar-refractivity contribution in [1.29, 1.82) is 0 Å². The highest BCUT2D eigenvalue weighted by atomic mass is 16.6. The van der Waals surface area contributed by atoms with Gasteiger partial charge in [-0.05, 0) is 6.92 Å². The van der Waals surface area contributed by atoms with Crippen LogP contribution in [0, 0.1) is 6.29 Å². The average Bonchev–Trinajstić information content (AvgIpc) is 1.61. The van der Waals surface area contributed by atoms with Crippen LogP contribution >= 0.6 is 0 Å². The molecule has 0 aromatic heterocycles. The van der Waals surface area contributed by atoms with Crippen LogP contribution in [0.4, 0.5) is 0 Å². The number of hydrogen-bond acceptors (Lipinski definition) is 3. The molecule has 0 bridgehead atoms. The van der Waals surface area contributed by atoms with Gasteiger partial charge in [-0.3, -0.25) is 0 Å². The van der Waals surface area contributed by atoms with Crippen LogP contribution in [0.2, 0.25) is 0 Å². The Morgan fingerprint density at radius 1 is 1.71 bits per heavy atom. The van der Waals surface area contributed by atoms with Gasteiger partial charge in [-0.2, -0.15) is 0 Å². The van der Waals surface area contributed by atoms with Crippen LogP contribution < -0.4 is 0 Å². The standard InChI is InChI=1S/C4H9O3/c1-4(6)7-3-2-5/h5-6H,2-3H2,1H3. The van der Waals surface area contributed by atoms with Gasteiger partial charge in [0, 0.05) is 0 Å². The van der Waals surface area contributed by atoms with Gasteiger partial charge in [-0.25, -0.2) is 0 Å². The number of aliphatic hydroxyl groups is 2. The molecular weight excluding hydrogens is 96.0 g/mol. The van der Waals surface area contributed by atoms with E-state index in [9.17, 15) is 0 Å². The normalized spacial score (nSPS) is 10.3. The lowest BCUT2D eigenvalue weighted by atomic mass is 10.7. The minimum absolute atomic E-state index is 0.0576. The zero-order valence-electron chi connectivity index (χ0n) is 4.22. The van der Waals surface area contributed by atoms with E-state index in [1.807, 2.05) is 0 Å². The maximum absolute atomic E-state index is 8.27. The van der Waals surface area contributed by atoms with Gasteiger partial charge < -0.3 is 14.9 Å². The van der Waals surface area contributed by atoms with Crippen LogP contribution in [-0.4, -0.2) is 23.4 Å². The molecule has 0 aliphatic rings. The SMILES string of the molecule is C[C](O)OCCO. The number of hydrogen-bond donors (Lipinski definition) is 2. The van der Waals surface area contributed by atoms with Crippen LogP contribution in [0.15, 0.2) is 0 Å². The lowest BCUT2D eigenvalue weighted by Gasteiger charge is -1.99. The molecule has 3 heteroatoms. The van der Waals surface area contributed by atoms with E-state index in [1.54, 1.807) is 0 Å². The van der Waals surface area contributed by atoms with Crippen molar-refractivity contribution in [1.82, 2.24) is 0 Å². The lowest BCUT2D eigenvalue weighted by molar-refractivity contribution is -0.000794. The van der Waals surface area contributed by atoms with Crippen molar-refractivity contribution in [3.05, 3.63) is 6.29 Å². The second kappa shape index (κ2) is 4.05. The van der Waals surface area contributed by atoms with E-state index in [0.29, 0.717) is 0 Å². The van der Waals surface area contributed by atoms with Gasteiger partial charge in [-0.1, -0.05) is 0 Å². The molecule has 0 unspecified atom stereocenters. The molecule has 1 radical (unpaired) electrons. The predicted molar refractivity (Wildman–Crippen MR) is 23.9 cm³/mol. The third-order valence-corrected chi connectivity index (χ3v) is 0.402. The molecule has 0 saturated carbocycles. The second-order valence-electron chi connectivity index (χ2n) is 1.09. The Bertz CT molecular complexity index is 35.9. The van der Waals surface area contributed by atoms with Crippen molar-refractivity contribution in [3.63, 3.8) is 0 Å². The van der Waals surface area contributed by atoms with Crippen LogP contribution in [0.3, 0.4) is 0 Å². The molecule has 43 valence electrons. The number of rotatable bonds is 3. The molecule has 0 heterocycles. The maximum Gasteiger partial charge on any atom is 0.217 e. The van der Waals surface area contributed by atoms with Crippen LogP contribution in [0.5, 0.6) is 0 Å². The molecule has 0 spiro atoms. The van der Waals surface area contributed by atoms with Crippen molar-refractivity contribution < 1.29 is 14.9 Å². The van der Waals surface area contributed by atoms with Gasteiger partial charge in [-0.15, -0.1) is 0 Å². The van der Waals surface area contributed by atoms with Crippen molar-refractivity contribution in [2.24, 2.45) is 0 Å². The topological polar surface area (TPSA) is 49.7 Å². The maximum atomic E-state index is 8.27. The van der Waals surface area contributed by atoms with Crippen LogP contribution in [0.1, 0.15) is 6.92 Å². The molecule has 0 atom stereocenters. The molecule has 0 aromatic carbocycles. The van der Waals surface area contributed by atoms with Crippen LogP contribution in [0.25, 0.3) is 0 Å². The minimum atomic E-state index is -0.103. The fraction of sp³-hybridized carbons (Fsp3) is 0.750. The Kier molecular flexibility index (Phi) is 3.98. The van der Waals surface area contributed by atoms with E-state index in [4.69, 9.17) is 10.2 Å². The summed E-state index contributed by atoms with van der Waals surface area (Å²) in [5.41, 5.74) is 0. The van der Waals surface area contributed by atoms with E-state index < -0.39 is 0 Å². The molecule has 0 aromatic rings. The molecule has 3 nitrogen and oxygen atoms in total. The fourth-order valence-corrected chi connectivity index (χ4v) is 0.193. The van der Waals surface area contributed by atoms with Crippen LogP contribution in [-0.2, 0) is 4.74 Å². The Balaban J connectivity index is 2.68. The second-order valence-corrected chi connectivity index (χ2v) is 1.09. The van der Waals surface area contributed by atoms with E-state index in [0.717, 1.165) is 0 Å². The highest BCUT2D eigenvalue weighted by molar-refractivity contribution is 4.46. The van der Waals surface area contributed by atoms with Crippen molar-refractivity contribution in [3.8, 4) is 0 Å². The van der Waals surface area contributed by atoms with Gasteiger partial charge in [0.15, 0.2) is 0 Å². The summed E-state index contributed by atoms with van der Waals surface area (Å²) in [6, 6.07) is 0. The predicted octanol–water partition coefficient (Wildman–Crippen LogP) is -0.123. The summed E-state index contributed by atoms with van der Waals surface area (Å²) in [4.78, 5) is 0. The van der Waals surface area contributed by atoms with E-state index in [-0.39, 0.29) is 19.5 Å². The number of ether oxygens (including phenoxy) is 1. The Morgan fingerprint density at radius 3 is 2.43 bits per heavy atom. The molecule has 0 fully saturated rings. The Labute approximate surface area is 42.5 Å². The summed E-state index contributed by atoms with van der Waals surface area (Å²) in [5.74, 6) is 0. The molecule has 0 amide bonds. The first kappa shape index (κ1) is 6.88. The molecule has 7 heavy (non-hydrogen) atoms. The monoisotopic (exact) mass is 105 g/mol. The zero-order chi connectivity index (χ0) is 5.70. The fourth-order valence-electron chi connectivity index (χ4n) is 0.193. The van der Waals surface area contributed by atoms with E-state index in [1.165, 1.54) is 6.92 Å². The third-order valence-electron chi connectivity index (χ3n) is 0.402. The molecule has 0 rings (SSSR count). The Hall–Kier alpha value is -0.120. The summed E-state index contributed by atoms with van der Waals surface area (Å²) in [6.07, 6.45) is -0.103. The summed E-state index contributed by atoms with van der Waals surface area (Å²) in [7, 11) is 0. The first-order valence-electron chi connectivity index (χ1n) is 2.03. The van der Waals surface area contributed by atoms with E-state index >= 15 is 0 Å². The van der Waals surface area contributed by atoms with Crippen molar-refractivity contribution in [2.75, 3.05) is 13.2 Å². The highest BCUT2D eigenvalue weighted by Crippen LogP contribution is 1.89. The third kappa shape index (κ3) is 5.88. The van der Waals surface area contributed by atoms with Crippen molar-refractivity contribution in [2.45, 2.75) is 6.92 Å². The largest absolute Gasteiger partial charge is 0.394 e. The summed E-state index contributed by atoms with van der Waals surface area (Å²) in [5, 5.41) is 16.3. The van der Waals surface area contributed by atoms with Gasteiger partial charge in [0.05, 0.1) is 13.2 Å². The van der Waals surface area contributed by atoms with Gasteiger partial charge in [0.25, 0.3) is 0 Å². The molecular formula is C4H9O3. The molecule has 0 aliphatic heterocycles. The summed E-state index contributed by atoms with van der Waals surface area (Å²) >= 11 is 0. The zero-order valence-corrected chi connectivity index (χ0v) is 4.22. The minimum Gasteiger partial charge on any atom is -0.394 e. The molecule has 2 N–H and O–H groups in total. The van der Waals surface area contributed by atoms with E-state index in [2.05, 4.69) is 4.74 Å². The van der Waals surface area contributed by atoms with Crippen molar-refractivity contribution >= 4 is 0 Å². The quantitative estimate of drug-likeness (QED) is 0.526. The highest BCUT2D eigenvalue weighted by Gasteiger charge is 1.91. The summed E-state index contributed by atoms with van der Waals surface area (Å²) in [6.45, 7) is 1.52. The smallest absolute Gasteiger partial charge is 0.217 e. The van der Waals surface area contributed by atoms with Gasteiger partial charge >= 0.3 is 0 Å². The molecule has 0 aliphatic carbocycles.